The largest absolute Gasteiger partial charge is 0.494 e. The molecule has 3 aromatic rings. The molecule has 10 heteroatoms. The number of carbonyl (C=O) groups excluding carboxylic acids is 2. The first kappa shape index (κ1) is 25.9. The van der Waals surface area contributed by atoms with E-state index in [2.05, 4.69) is 25.6 Å². The van der Waals surface area contributed by atoms with Gasteiger partial charge in [0.25, 0.3) is 5.91 Å². The second kappa shape index (κ2) is 11.0. The summed E-state index contributed by atoms with van der Waals surface area (Å²) in [4.78, 5) is 37.3. The van der Waals surface area contributed by atoms with Gasteiger partial charge in [-0.1, -0.05) is 6.92 Å². The summed E-state index contributed by atoms with van der Waals surface area (Å²) in [6, 6.07) is 3.08. The van der Waals surface area contributed by atoms with Gasteiger partial charge in [0.1, 0.15) is 23.3 Å². The van der Waals surface area contributed by atoms with Crippen LogP contribution in [0.4, 0.5) is 4.39 Å². The Balaban J connectivity index is 1.40. The van der Waals surface area contributed by atoms with Crippen molar-refractivity contribution in [3.63, 3.8) is 0 Å². The van der Waals surface area contributed by atoms with E-state index in [0.717, 1.165) is 38.5 Å². The average molecular weight is 524 g/mol. The number of carbonyl (C=O) groups is 2. The number of nitrogens with zero attached hydrogens (tertiary/aromatic N) is 2. The summed E-state index contributed by atoms with van der Waals surface area (Å²) in [6.07, 6.45) is 7.32. The van der Waals surface area contributed by atoms with E-state index in [1.165, 1.54) is 19.5 Å². The van der Waals surface area contributed by atoms with Crippen LogP contribution in [-0.4, -0.2) is 52.6 Å². The number of rotatable bonds is 9. The van der Waals surface area contributed by atoms with Gasteiger partial charge in [-0.15, -0.1) is 0 Å². The zero-order valence-electron chi connectivity index (χ0n) is 22.0. The van der Waals surface area contributed by atoms with Crippen LogP contribution < -0.4 is 20.1 Å². The molecule has 2 aliphatic carbocycles. The Morgan fingerprint density at radius 3 is 2.42 bits per heavy atom. The lowest BCUT2D eigenvalue weighted by Gasteiger charge is -2.29. The maximum Gasteiger partial charge on any atom is 0.255 e. The van der Waals surface area contributed by atoms with Gasteiger partial charge in [-0.25, -0.2) is 14.4 Å². The zero-order valence-corrected chi connectivity index (χ0v) is 22.0. The first-order valence-corrected chi connectivity index (χ1v) is 13.3. The number of hydrogen-bond acceptors (Lipinski definition) is 6. The molecule has 2 saturated carbocycles. The normalized spacial score (nSPS) is 19.3. The number of fused-ring (bicyclic) bond motifs is 1. The number of aromatic amines is 1. The van der Waals surface area contributed by atoms with Gasteiger partial charge in [-0.2, -0.15) is 0 Å². The molecule has 3 N–H and O–H groups in total. The zero-order chi connectivity index (χ0) is 26.8. The smallest absolute Gasteiger partial charge is 0.255 e. The van der Waals surface area contributed by atoms with Crippen molar-refractivity contribution in [3.8, 4) is 22.8 Å². The molecule has 2 aliphatic rings. The minimum atomic E-state index is -0.515. The van der Waals surface area contributed by atoms with E-state index in [1.54, 1.807) is 6.07 Å². The molecule has 2 fully saturated rings. The van der Waals surface area contributed by atoms with Gasteiger partial charge >= 0.3 is 0 Å². The van der Waals surface area contributed by atoms with E-state index in [4.69, 9.17) is 9.47 Å². The Kier molecular flexibility index (Phi) is 7.49. The van der Waals surface area contributed by atoms with Crippen molar-refractivity contribution in [2.75, 3.05) is 13.7 Å². The maximum atomic E-state index is 14.6. The molecule has 0 radical (unpaired) electrons. The number of H-pyrrole nitrogens is 1. The molecule has 0 aliphatic heterocycles. The van der Waals surface area contributed by atoms with Crippen molar-refractivity contribution in [1.29, 1.82) is 0 Å². The molecule has 0 atom stereocenters. The molecule has 38 heavy (non-hydrogen) atoms. The summed E-state index contributed by atoms with van der Waals surface area (Å²) in [5.41, 5.74) is 3.26. The third-order valence-electron chi connectivity index (χ3n) is 7.43. The van der Waals surface area contributed by atoms with Crippen molar-refractivity contribution >= 4 is 22.8 Å². The standard InChI is InChI=1S/C28H34FN5O4/c1-4-23(35)33-17-7-9-18(10-8-17)34-28(36)24-15(2)32-27-25(30-14-31-26(24)27)19-11-22(37-3)20(29)12-21(19)38-13-16-5-6-16/h11-12,14,16-18,32H,4-10,13H2,1-3H3,(H,33,35)(H,34,36). The summed E-state index contributed by atoms with van der Waals surface area (Å²) >= 11 is 0. The van der Waals surface area contributed by atoms with Crippen LogP contribution in [0.15, 0.2) is 18.5 Å². The summed E-state index contributed by atoms with van der Waals surface area (Å²) in [7, 11) is 1.41. The molecule has 0 spiro atoms. The lowest BCUT2D eigenvalue weighted by molar-refractivity contribution is -0.121. The molecule has 0 unspecified atom stereocenters. The summed E-state index contributed by atoms with van der Waals surface area (Å²) in [5.74, 6) is 0.278. The van der Waals surface area contributed by atoms with E-state index < -0.39 is 5.82 Å². The predicted molar refractivity (Wildman–Crippen MR) is 141 cm³/mol. The SMILES string of the molecule is CCC(=O)NC1CCC(NC(=O)c2c(C)[nH]c3c(-c4cc(OC)c(F)cc4OCC4CC4)ncnc23)CC1. The number of halogens is 1. The van der Waals surface area contributed by atoms with Gasteiger partial charge in [0.05, 0.1) is 24.8 Å². The monoisotopic (exact) mass is 523 g/mol. The quantitative estimate of drug-likeness (QED) is 0.382. The lowest BCUT2D eigenvalue weighted by atomic mass is 9.91. The van der Waals surface area contributed by atoms with E-state index in [1.807, 2.05) is 13.8 Å². The highest BCUT2D eigenvalue weighted by molar-refractivity contribution is 6.09. The van der Waals surface area contributed by atoms with Crippen molar-refractivity contribution in [2.24, 2.45) is 5.92 Å². The fourth-order valence-electron chi connectivity index (χ4n) is 5.06. The Morgan fingerprint density at radius 2 is 1.76 bits per heavy atom. The summed E-state index contributed by atoms with van der Waals surface area (Å²) in [6.45, 7) is 4.18. The predicted octanol–water partition coefficient (Wildman–Crippen LogP) is 4.44. The molecule has 202 valence electrons. The first-order valence-electron chi connectivity index (χ1n) is 13.3. The van der Waals surface area contributed by atoms with Crippen LogP contribution in [0.25, 0.3) is 22.3 Å². The molecule has 2 aromatic heterocycles. The highest BCUT2D eigenvalue weighted by atomic mass is 19.1. The third-order valence-corrected chi connectivity index (χ3v) is 7.43. The molecule has 5 rings (SSSR count). The van der Waals surface area contributed by atoms with Crippen LogP contribution >= 0.6 is 0 Å². The average Bonchev–Trinajstić information content (AvgIpc) is 3.68. The minimum Gasteiger partial charge on any atom is -0.494 e. The molecule has 1 aromatic carbocycles. The highest BCUT2D eigenvalue weighted by Crippen LogP contribution is 2.39. The topological polar surface area (TPSA) is 118 Å². The van der Waals surface area contributed by atoms with Crippen LogP contribution in [0.1, 0.15) is 67.9 Å². The van der Waals surface area contributed by atoms with Gasteiger partial charge in [0, 0.05) is 35.8 Å². The van der Waals surface area contributed by atoms with Crippen molar-refractivity contribution in [1.82, 2.24) is 25.6 Å². The molecule has 2 amide bonds. The van der Waals surface area contributed by atoms with Crippen molar-refractivity contribution in [3.05, 3.63) is 35.5 Å². The molecular weight excluding hydrogens is 489 g/mol. The fourth-order valence-corrected chi connectivity index (χ4v) is 5.06. The summed E-state index contributed by atoms with van der Waals surface area (Å²) in [5, 5.41) is 6.20. The minimum absolute atomic E-state index is 0.0201. The van der Waals surface area contributed by atoms with Gasteiger partial charge in [-0.05, 0) is 57.4 Å². The van der Waals surface area contributed by atoms with E-state index >= 15 is 0 Å². The maximum absolute atomic E-state index is 14.6. The van der Waals surface area contributed by atoms with Crippen LogP contribution in [0.3, 0.4) is 0 Å². The third kappa shape index (κ3) is 5.44. The van der Waals surface area contributed by atoms with E-state index in [0.29, 0.717) is 58.2 Å². The number of aromatic nitrogens is 3. The Morgan fingerprint density at radius 1 is 1.05 bits per heavy atom. The second-order valence-corrected chi connectivity index (χ2v) is 10.3. The molecule has 0 bridgehead atoms. The Labute approximate surface area is 220 Å². The van der Waals surface area contributed by atoms with Crippen LogP contribution in [0.2, 0.25) is 0 Å². The van der Waals surface area contributed by atoms with Gasteiger partial charge in [0.2, 0.25) is 5.91 Å². The van der Waals surface area contributed by atoms with Crippen molar-refractivity contribution < 1.29 is 23.5 Å². The lowest BCUT2D eigenvalue weighted by Crippen LogP contribution is -2.43. The number of ether oxygens (including phenoxy) is 2. The molecule has 2 heterocycles. The van der Waals surface area contributed by atoms with Crippen LogP contribution in [0, 0.1) is 18.7 Å². The van der Waals surface area contributed by atoms with Crippen molar-refractivity contribution in [2.45, 2.75) is 70.9 Å². The van der Waals surface area contributed by atoms with E-state index in [-0.39, 0.29) is 29.6 Å². The number of benzene rings is 1. The fraction of sp³-hybridized carbons (Fsp3) is 0.500. The highest BCUT2D eigenvalue weighted by Gasteiger charge is 2.28. The molecule has 9 nitrogen and oxygen atoms in total. The number of hydrogen-bond donors (Lipinski definition) is 3. The first-order chi connectivity index (χ1) is 18.4. The number of aryl methyl sites for hydroxylation is 1. The van der Waals surface area contributed by atoms with Crippen LogP contribution in [0.5, 0.6) is 11.5 Å². The number of methoxy groups -OCH3 is 1. The van der Waals surface area contributed by atoms with Crippen LogP contribution in [-0.2, 0) is 4.79 Å². The number of nitrogens with one attached hydrogen (secondary N) is 3. The number of amides is 2. The van der Waals surface area contributed by atoms with Gasteiger partial charge < -0.3 is 25.1 Å². The van der Waals surface area contributed by atoms with E-state index in [9.17, 15) is 14.0 Å². The summed E-state index contributed by atoms with van der Waals surface area (Å²) < 4.78 is 25.8. The Hall–Kier alpha value is -3.69. The van der Waals surface area contributed by atoms with Gasteiger partial charge in [0.15, 0.2) is 11.6 Å². The molecule has 0 saturated heterocycles. The molecular formula is C28H34FN5O4. The Bertz CT molecular complexity index is 1340. The van der Waals surface area contributed by atoms with Gasteiger partial charge in [-0.3, -0.25) is 9.59 Å². The second-order valence-electron chi connectivity index (χ2n) is 10.3.